The van der Waals surface area contributed by atoms with Gasteiger partial charge < -0.3 is 4.74 Å². The molecule has 1 fully saturated rings. The van der Waals surface area contributed by atoms with Crippen molar-refractivity contribution in [2.45, 2.75) is 32.0 Å². The lowest BCUT2D eigenvalue weighted by atomic mass is 9.80. The smallest absolute Gasteiger partial charge is 0.369 e. The van der Waals surface area contributed by atoms with Crippen molar-refractivity contribution in [3.8, 4) is 0 Å². The molecular formula is C8H11F3O2. The Morgan fingerprint density at radius 2 is 2.00 bits per heavy atom. The van der Waals surface area contributed by atoms with Crippen LogP contribution >= 0.6 is 0 Å². The Morgan fingerprint density at radius 1 is 1.46 bits per heavy atom. The molecule has 1 aliphatic rings. The first-order valence-electron chi connectivity index (χ1n) is 4.07. The summed E-state index contributed by atoms with van der Waals surface area (Å²) in [7, 11) is 0. The van der Waals surface area contributed by atoms with Gasteiger partial charge in [0.15, 0.2) is 0 Å². The lowest BCUT2D eigenvalue weighted by Crippen LogP contribution is -2.37. The van der Waals surface area contributed by atoms with E-state index in [-0.39, 0.29) is 17.8 Å². The zero-order chi connectivity index (χ0) is 10.1. The van der Waals surface area contributed by atoms with Crippen molar-refractivity contribution in [2.75, 3.05) is 6.61 Å². The summed E-state index contributed by atoms with van der Waals surface area (Å²) in [6.45, 7) is 0.243. The molecule has 0 N–H and O–H groups in total. The van der Waals surface area contributed by atoms with Crippen LogP contribution in [0.2, 0.25) is 0 Å². The third kappa shape index (κ3) is 3.34. The first kappa shape index (κ1) is 10.5. The Hall–Kier alpha value is -0.580. The van der Waals surface area contributed by atoms with Gasteiger partial charge >= 0.3 is 6.18 Å². The van der Waals surface area contributed by atoms with E-state index in [1.807, 2.05) is 0 Å². The van der Waals surface area contributed by atoms with Crippen molar-refractivity contribution in [1.29, 1.82) is 0 Å². The van der Waals surface area contributed by atoms with Crippen LogP contribution in [0, 0.1) is 5.92 Å². The second kappa shape index (κ2) is 3.65. The molecule has 0 amide bonds. The second-order valence-electron chi connectivity index (χ2n) is 3.33. The van der Waals surface area contributed by atoms with Gasteiger partial charge in [-0.1, -0.05) is 0 Å². The second-order valence-corrected chi connectivity index (χ2v) is 3.33. The molecule has 0 saturated heterocycles. The van der Waals surface area contributed by atoms with E-state index >= 15 is 0 Å². The zero-order valence-corrected chi connectivity index (χ0v) is 7.23. The molecule has 0 radical (unpaired) electrons. The summed E-state index contributed by atoms with van der Waals surface area (Å²) in [4.78, 5) is 10.7. The minimum absolute atomic E-state index is 0.0341. The van der Waals surface area contributed by atoms with Gasteiger partial charge in [-0.15, -0.1) is 0 Å². The molecule has 0 aromatic rings. The largest absolute Gasteiger partial charge is 0.411 e. The van der Waals surface area contributed by atoms with Crippen LogP contribution in [0.15, 0.2) is 0 Å². The monoisotopic (exact) mass is 196 g/mol. The number of alkyl halides is 3. The van der Waals surface area contributed by atoms with E-state index in [1.54, 1.807) is 0 Å². The van der Waals surface area contributed by atoms with Crippen LogP contribution in [0.5, 0.6) is 0 Å². The van der Waals surface area contributed by atoms with Crippen LogP contribution in [0.4, 0.5) is 13.2 Å². The Labute approximate surface area is 74.1 Å². The number of hydrogen-bond acceptors (Lipinski definition) is 2. The van der Waals surface area contributed by atoms with E-state index in [0.717, 1.165) is 0 Å². The maximum absolute atomic E-state index is 11.6. The molecule has 0 aromatic carbocycles. The number of halogens is 3. The van der Waals surface area contributed by atoms with Crippen molar-refractivity contribution >= 4 is 5.78 Å². The predicted octanol–water partition coefficient (Wildman–Crippen LogP) is 1.93. The highest BCUT2D eigenvalue weighted by atomic mass is 19.4. The van der Waals surface area contributed by atoms with Crippen molar-refractivity contribution < 1.29 is 22.7 Å². The lowest BCUT2D eigenvalue weighted by molar-refractivity contribution is -0.196. The Bertz CT molecular complexity index is 194. The molecular weight excluding hydrogens is 185 g/mol. The summed E-state index contributed by atoms with van der Waals surface area (Å²) in [5.74, 6) is -0.0508. The Balaban J connectivity index is 2.12. The van der Waals surface area contributed by atoms with Crippen LogP contribution in [-0.2, 0) is 9.53 Å². The first-order chi connectivity index (χ1) is 5.88. The van der Waals surface area contributed by atoms with Crippen molar-refractivity contribution in [3.05, 3.63) is 0 Å². The number of ether oxygens (including phenoxy) is 1. The van der Waals surface area contributed by atoms with Crippen LogP contribution < -0.4 is 0 Å². The summed E-state index contributed by atoms with van der Waals surface area (Å²) >= 11 is 0. The number of ketones is 1. The van der Waals surface area contributed by atoms with Gasteiger partial charge in [0.05, 0.1) is 6.10 Å². The molecule has 0 bridgehead atoms. The van der Waals surface area contributed by atoms with Crippen molar-refractivity contribution in [2.24, 2.45) is 5.92 Å². The maximum atomic E-state index is 11.6. The number of Topliss-reactive ketones (excluding diaryl/α,β-unsaturated/α-hetero) is 1. The quantitative estimate of drug-likeness (QED) is 0.689. The lowest BCUT2D eigenvalue weighted by Gasteiger charge is -2.33. The molecule has 0 atom stereocenters. The van der Waals surface area contributed by atoms with Gasteiger partial charge in [-0.05, 0) is 19.8 Å². The van der Waals surface area contributed by atoms with Gasteiger partial charge in [0.2, 0.25) is 0 Å². The molecule has 1 rings (SSSR count). The van der Waals surface area contributed by atoms with E-state index < -0.39 is 12.8 Å². The van der Waals surface area contributed by atoms with Crippen LogP contribution in [0.25, 0.3) is 0 Å². The van der Waals surface area contributed by atoms with Crippen molar-refractivity contribution in [1.82, 2.24) is 0 Å². The van der Waals surface area contributed by atoms with Gasteiger partial charge in [-0.2, -0.15) is 13.2 Å². The number of carbonyl (C=O) groups is 1. The first-order valence-corrected chi connectivity index (χ1v) is 4.07. The molecule has 1 aliphatic carbocycles. The molecule has 0 aromatic heterocycles. The van der Waals surface area contributed by atoms with Gasteiger partial charge in [0.1, 0.15) is 12.4 Å². The zero-order valence-electron chi connectivity index (χ0n) is 7.23. The predicted molar refractivity (Wildman–Crippen MR) is 39.2 cm³/mol. The van der Waals surface area contributed by atoms with Gasteiger partial charge in [0, 0.05) is 5.92 Å². The highest BCUT2D eigenvalue weighted by Crippen LogP contribution is 2.31. The fourth-order valence-corrected chi connectivity index (χ4v) is 1.25. The van der Waals surface area contributed by atoms with Crippen LogP contribution in [0.3, 0.4) is 0 Å². The normalized spacial score (nSPS) is 28.3. The highest BCUT2D eigenvalue weighted by Gasteiger charge is 2.36. The number of hydrogen-bond donors (Lipinski definition) is 0. The molecule has 5 heteroatoms. The summed E-state index contributed by atoms with van der Waals surface area (Å²) in [5.41, 5.74) is 0. The maximum Gasteiger partial charge on any atom is 0.411 e. The van der Waals surface area contributed by atoms with E-state index in [4.69, 9.17) is 0 Å². The Morgan fingerprint density at radius 3 is 2.38 bits per heavy atom. The van der Waals surface area contributed by atoms with Gasteiger partial charge in [0.25, 0.3) is 0 Å². The minimum Gasteiger partial charge on any atom is -0.369 e. The highest BCUT2D eigenvalue weighted by molar-refractivity contribution is 5.79. The standard InChI is InChI=1S/C8H11F3O2/c1-5(12)6-2-7(3-6)13-4-8(9,10)11/h6-7H,2-4H2,1H3. The molecule has 0 aliphatic heterocycles. The third-order valence-corrected chi connectivity index (χ3v) is 2.15. The SMILES string of the molecule is CC(=O)C1CC(OCC(F)(F)F)C1. The van der Waals surface area contributed by atoms with E-state index in [2.05, 4.69) is 4.74 Å². The summed E-state index contributed by atoms with van der Waals surface area (Å²) in [5, 5.41) is 0. The van der Waals surface area contributed by atoms with Crippen molar-refractivity contribution in [3.63, 3.8) is 0 Å². The molecule has 76 valence electrons. The molecule has 2 nitrogen and oxygen atoms in total. The number of rotatable bonds is 3. The topological polar surface area (TPSA) is 26.3 Å². The number of carbonyl (C=O) groups excluding carboxylic acids is 1. The fourth-order valence-electron chi connectivity index (χ4n) is 1.25. The molecule has 0 spiro atoms. The fraction of sp³-hybridized carbons (Fsp3) is 0.875. The van der Waals surface area contributed by atoms with Gasteiger partial charge in [-0.25, -0.2) is 0 Å². The molecule has 0 heterocycles. The summed E-state index contributed by atoms with van der Waals surface area (Å²) in [6, 6.07) is 0. The average molecular weight is 196 g/mol. The molecule has 1 saturated carbocycles. The van der Waals surface area contributed by atoms with Crippen LogP contribution in [-0.4, -0.2) is 24.7 Å². The molecule has 13 heavy (non-hydrogen) atoms. The van der Waals surface area contributed by atoms with Crippen LogP contribution in [0.1, 0.15) is 19.8 Å². The van der Waals surface area contributed by atoms with E-state index in [1.165, 1.54) is 6.92 Å². The summed E-state index contributed by atoms with van der Waals surface area (Å²) in [6.07, 6.45) is -3.77. The average Bonchev–Trinajstić information content (AvgIpc) is 1.79. The molecule has 0 unspecified atom stereocenters. The third-order valence-electron chi connectivity index (χ3n) is 2.15. The summed E-state index contributed by atoms with van der Waals surface area (Å²) < 4.78 is 39.5. The van der Waals surface area contributed by atoms with E-state index in [9.17, 15) is 18.0 Å². The van der Waals surface area contributed by atoms with Gasteiger partial charge in [-0.3, -0.25) is 4.79 Å². The van der Waals surface area contributed by atoms with E-state index in [0.29, 0.717) is 12.8 Å². The Kier molecular flexibility index (Phi) is 2.95. The minimum atomic E-state index is -4.26.